The van der Waals surface area contributed by atoms with Gasteiger partial charge in [-0.1, -0.05) is 152 Å². The van der Waals surface area contributed by atoms with Crippen molar-refractivity contribution in [3.05, 3.63) is 211 Å². The molecule has 52 heavy (non-hydrogen) atoms. The first kappa shape index (κ1) is 30.2. The Morgan fingerprint density at radius 1 is 0.423 bits per heavy atom. The molecule has 0 saturated heterocycles. The van der Waals surface area contributed by atoms with Gasteiger partial charge < -0.3 is 9.32 Å². The molecule has 8 aromatic carbocycles. The molecule has 2 nitrogen and oxygen atoms in total. The minimum atomic E-state index is -0.386. The van der Waals surface area contributed by atoms with Gasteiger partial charge in [0.25, 0.3) is 0 Å². The Kier molecular flexibility index (Phi) is 6.97. The Bertz CT molecular complexity index is 2700. The average molecular weight is 666 g/mol. The van der Waals surface area contributed by atoms with Gasteiger partial charge in [-0.05, 0) is 99.5 Å². The standard InChI is InChI=1S/C50H35NO/c1-50(45-24-11-8-21-41(45)42-22-9-12-25-46(42)50)38-32-44-43-23-10-13-26-48(43)52-49(44)47(33-38)51(39-29-27-36(28-30-39)34-15-4-2-5-16-34)40-20-14-19-37(31-40)35-17-6-3-7-18-35/h2-33H,1H3. The maximum atomic E-state index is 6.86. The van der Waals surface area contributed by atoms with Crippen LogP contribution in [0.15, 0.2) is 199 Å². The number of rotatable bonds is 6. The van der Waals surface area contributed by atoms with E-state index in [-0.39, 0.29) is 5.41 Å². The second-order valence-corrected chi connectivity index (χ2v) is 13.9. The topological polar surface area (TPSA) is 16.4 Å². The molecule has 0 radical (unpaired) electrons. The summed E-state index contributed by atoms with van der Waals surface area (Å²) >= 11 is 0. The number of para-hydroxylation sites is 1. The number of hydrogen-bond donors (Lipinski definition) is 0. The lowest BCUT2D eigenvalue weighted by atomic mass is 9.73. The third kappa shape index (κ3) is 4.72. The van der Waals surface area contributed by atoms with E-state index in [9.17, 15) is 0 Å². The normalized spacial score (nSPS) is 12.9. The zero-order valence-electron chi connectivity index (χ0n) is 28.8. The fourth-order valence-corrected chi connectivity index (χ4v) is 8.34. The Morgan fingerprint density at radius 2 is 0.981 bits per heavy atom. The van der Waals surface area contributed by atoms with Crippen LogP contribution in [0, 0.1) is 0 Å². The zero-order valence-corrected chi connectivity index (χ0v) is 28.8. The molecule has 2 heteroatoms. The fraction of sp³-hybridized carbons (Fsp3) is 0.0400. The summed E-state index contributed by atoms with van der Waals surface area (Å²) in [7, 11) is 0. The summed E-state index contributed by atoms with van der Waals surface area (Å²) < 4.78 is 6.86. The van der Waals surface area contributed by atoms with Crippen LogP contribution in [0.3, 0.4) is 0 Å². The molecule has 1 aromatic heterocycles. The van der Waals surface area contributed by atoms with E-state index in [0.29, 0.717) is 0 Å². The smallest absolute Gasteiger partial charge is 0.159 e. The van der Waals surface area contributed by atoms with Gasteiger partial charge in [0, 0.05) is 27.6 Å². The van der Waals surface area contributed by atoms with E-state index in [1.165, 1.54) is 44.5 Å². The molecule has 0 atom stereocenters. The SMILES string of the molecule is CC1(c2cc(N(c3ccc(-c4ccccc4)cc3)c3cccc(-c4ccccc4)c3)c3oc4ccccc4c3c2)c2ccccc2-c2ccccc21. The molecule has 0 bridgehead atoms. The minimum absolute atomic E-state index is 0.386. The predicted molar refractivity (Wildman–Crippen MR) is 217 cm³/mol. The average Bonchev–Trinajstić information content (AvgIpc) is 3.73. The molecule has 1 aliphatic carbocycles. The largest absolute Gasteiger partial charge is 0.454 e. The van der Waals surface area contributed by atoms with Crippen LogP contribution in [0.2, 0.25) is 0 Å². The predicted octanol–water partition coefficient (Wildman–Crippen LogP) is 13.7. The van der Waals surface area contributed by atoms with Crippen molar-refractivity contribution < 1.29 is 4.42 Å². The maximum Gasteiger partial charge on any atom is 0.159 e. The van der Waals surface area contributed by atoms with Crippen LogP contribution in [-0.2, 0) is 5.41 Å². The van der Waals surface area contributed by atoms with Crippen LogP contribution in [0.5, 0.6) is 0 Å². The van der Waals surface area contributed by atoms with Gasteiger partial charge in [0.15, 0.2) is 5.58 Å². The van der Waals surface area contributed by atoms with Crippen molar-refractivity contribution in [2.45, 2.75) is 12.3 Å². The van der Waals surface area contributed by atoms with Gasteiger partial charge in [0.05, 0.1) is 5.69 Å². The number of hydrogen-bond acceptors (Lipinski definition) is 2. The molecule has 0 fully saturated rings. The van der Waals surface area contributed by atoms with Crippen LogP contribution in [-0.4, -0.2) is 0 Å². The van der Waals surface area contributed by atoms with Crippen molar-refractivity contribution in [2.24, 2.45) is 0 Å². The van der Waals surface area contributed by atoms with Crippen molar-refractivity contribution in [3.63, 3.8) is 0 Å². The van der Waals surface area contributed by atoms with Crippen molar-refractivity contribution in [3.8, 4) is 33.4 Å². The number of fused-ring (bicyclic) bond motifs is 6. The highest BCUT2D eigenvalue weighted by molar-refractivity contribution is 6.11. The lowest BCUT2D eigenvalue weighted by Crippen LogP contribution is -2.23. The third-order valence-electron chi connectivity index (χ3n) is 10.9. The first-order chi connectivity index (χ1) is 25.7. The van der Waals surface area contributed by atoms with Crippen molar-refractivity contribution in [1.82, 2.24) is 0 Å². The second-order valence-electron chi connectivity index (χ2n) is 13.9. The third-order valence-corrected chi connectivity index (χ3v) is 10.9. The Labute approximate surface area is 303 Å². The number of furan rings is 1. The second kappa shape index (κ2) is 12.0. The molecule has 1 aliphatic rings. The summed E-state index contributed by atoms with van der Waals surface area (Å²) in [5.41, 5.74) is 15.6. The lowest BCUT2D eigenvalue weighted by Gasteiger charge is -2.31. The number of nitrogens with zero attached hydrogens (tertiary/aromatic N) is 1. The Hall–Kier alpha value is -6.64. The molecule has 10 rings (SSSR count). The van der Waals surface area contributed by atoms with Crippen molar-refractivity contribution in [1.29, 1.82) is 0 Å². The molecule has 0 saturated carbocycles. The van der Waals surface area contributed by atoms with E-state index in [0.717, 1.165) is 44.6 Å². The zero-order chi connectivity index (χ0) is 34.6. The molecule has 0 N–H and O–H groups in total. The summed E-state index contributed by atoms with van der Waals surface area (Å²) in [6, 6.07) is 69.9. The highest BCUT2D eigenvalue weighted by atomic mass is 16.3. The molecular formula is C50H35NO. The van der Waals surface area contributed by atoms with Gasteiger partial charge in [0.2, 0.25) is 0 Å². The summed E-state index contributed by atoms with van der Waals surface area (Å²) in [6.45, 7) is 2.39. The maximum absolute atomic E-state index is 6.86. The van der Waals surface area contributed by atoms with Crippen LogP contribution in [0.25, 0.3) is 55.3 Å². The van der Waals surface area contributed by atoms with Crippen LogP contribution < -0.4 is 4.90 Å². The van der Waals surface area contributed by atoms with E-state index in [1.54, 1.807) is 0 Å². The fourth-order valence-electron chi connectivity index (χ4n) is 8.34. The van der Waals surface area contributed by atoms with Gasteiger partial charge >= 0.3 is 0 Å². The van der Waals surface area contributed by atoms with Gasteiger partial charge in [-0.3, -0.25) is 0 Å². The molecule has 0 spiro atoms. The van der Waals surface area contributed by atoms with Gasteiger partial charge in [-0.15, -0.1) is 0 Å². The van der Waals surface area contributed by atoms with Crippen LogP contribution in [0.4, 0.5) is 17.1 Å². The minimum Gasteiger partial charge on any atom is -0.454 e. The first-order valence-corrected chi connectivity index (χ1v) is 17.9. The van der Waals surface area contributed by atoms with Crippen LogP contribution >= 0.6 is 0 Å². The number of benzene rings is 8. The molecule has 9 aromatic rings. The quantitative estimate of drug-likeness (QED) is 0.176. The Morgan fingerprint density at radius 3 is 1.67 bits per heavy atom. The van der Waals surface area contributed by atoms with E-state index >= 15 is 0 Å². The van der Waals surface area contributed by atoms with Gasteiger partial charge in [-0.2, -0.15) is 0 Å². The summed E-state index contributed by atoms with van der Waals surface area (Å²) in [5, 5.41) is 2.22. The van der Waals surface area contributed by atoms with Crippen molar-refractivity contribution >= 4 is 39.0 Å². The molecule has 0 aliphatic heterocycles. The summed E-state index contributed by atoms with van der Waals surface area (Å²) in [4.78, 5) is 2.38. The molecule has 246 valence electrons. The lowest BCUT2D eigenvalue weighted by molar-refractivity contribution is 0.667. The number of anilines is 3. The highest BCUT2D eigenvalue weighted by Gasteiger charge is 2.41. The highest BCUT2D eigenvalue weighted by Crippen LogP contribution is 2.54. The van der Waals surface area contributed by atoms with Gasteiger partial charge in [0.1, 0.15) is 5.58 Å². The van der Waals surface area contributed by atoms with E-state index in [1.807, 2.05) is 0 Å². The van der Waals surface area contributed by atoms with Crippen LogP contribution in [0.1, 0.15) is 23.6 Å². The first-order valence-electron chi connectivity index (χ1n) is 17.9. The van der Waals surface area contributed by atoms with E-state index < -0.39 is 0 Å². The van der Waals surface area contributed by atoms with Gasteiger partial charge in [-0.25, -0.2) is 0 Å². The molecule has 0 unspecified atom stereocenters. The monoisotopic (exact) mass is 665 g/mol. The summed E-state index contributed by atoms with van der Waals surface area (Å²) in [5.74, 6) is 0. The molecular weight excluding hydrogens is 631 g/mol. The molecule has 1 heterocycles. The molecule has 0 amide bonds. The summed E-state index contributed by atoms with van der Waals surface area (Å²) in [6.07, 6.45) is 0. The van der Waals surface area contributed by atoms with E-state index in [2.05, 4.69) is 206 Å². The van der Waals surface area contributed by atoms with Crippen molar-refractivity contribution in [2.75, 3.05) is 4.90 Å². The Balaban J connectivity index is 1.26. The van der Waals surface area contributed by atoms with E-state index in [4.69, 9.17) is 4.42 Å².